The van der Waals surface area contributed by atoms with Gasteiger partial charge in [0.1, 0.15) is 0 Å². The molecule has 0 amide bonds. The molecule has 128 valence electrons. The van der Waals surface area contributed by atoms with Crippen molar-refractivity contribution in [2.24, 2.45) is 11.7 Å². The van der Waals surface area contributed by atoms with Crippen LogP contribution in [0.1, 0.15) is 30.5 Å². The van der Waals surface area contributed by atoms with Crippen LogP contribution in [-0.4, -0.2) is 18.2 Å². The van der Waals surface area contributed by atoms with Crippen molar-refractivity contribution in [1.29, 1.82) is 0 Å². The van der Waals surface area contributed by atoms with Crippen LogP contribution in [0.4, 0.5) is 0 Å². The number of ether oxygens (including phenoxy) is 2. The molecule has 4 heteroatoms. The molecule has 0 aromatic heterocycles. The minimum atomic E-state index is 0.321. The third-order valence-electron chi connectivity index (χ3n) is 4.13. The second kappa shape index (κ2) is 7.69. The number of hydrogen-bond donors (Lipinski definition) is 1. The Balaban J connectivity index is 1.71. The molecule has 1 aliphatic rings. The summed E-state index contributed by atoms with van der Waals surface area (Å²) in [5.41, 5.74) is 9.41. The second-order valence-electron chi connectivity index (χ2n) is 6.77. The van der Waals surface area contributed by atoms with E-state index < -0.39 is 0 Å². The van der Waals surface area contributed by atoms with Gasteiger partial charge in [0, 0.05) is 26.2 Å². The van der Waals surface area contributed by atoms with Gasteiger partial charge in [0.25, 0.3) is 0 Å². The quantitative estimate of drug-likeness (QED) is 0.845. The van der Waals surface area contributed by atoms with Gasteiger partial charge in [-0.1, -0.05) is 44.2 Å². The topological polar surface area (TPSA) is 47.7 Å². The molecule has 1 heterocycles. The molecule has 24 heavy (non-hydrogen) atoms. The van der Waals surface area contributed by atoms with Gasteiger partial charge in [-0.2, -0.15) is 0 Å². The van der Waals surface area contributed by atoms with Crippen LogP contribution in [0.25, 0.3) is 0 Å². The highest BCUT2D eigenvalue weighted by Gasteiger charge is 2.15. The Morgan fingerprint density at radius 3 is 2.25 bits per heavy atom. The third-order valence-corrected chi connectivity index (χ3v) is 4.13. The molecular weight excluding hydrogens is 300 g/mol. The predicted molar refractivity (Wildman–Crippen MR) is 95.9 cm³/mol. The maximum absolute atomic E-state index is 5.68. The lowest BCUT2D eigenvalue weighted by atomic mass is 10.1. The molecule has 0 aliphatic carbocycles. The van der Waals surface area contributed by atoms with Crippen molar-refractivity contribution in [2.75, 3.05) is 13.3 Å². The molecule has 2 aromatic carbocycles. The van der Waals surface area contributed by atoms with Crippen molar-refractivity contribution in [2.45, 2.75) is 33.5 Å². The smallest absolute Gasteiger partial charge is 0.231 e. The Kier molecular flexibility index (Phi) is 5.38. The number of benzene rings is 2. The van der Waals surface area contributed by atoms with Crippen molar-refractivity contribution in [3.63, 3.8) is 0 Å². The van der Waals surface area contributed by atoms with E-state index in [1.54, 1.807) is 0 Å². The first-order valence-corrected chi connectivity index (χ1v) is 8.53. The van der Waals surface area contributed by atoms with Crippen LogP contribution in [0.3, 0.4) is 0 Å². The van der Waals surface area contributed by atoms with Crippen LogP contribution in [-0.2, 0) is 19.6 Å². The van der Waals surface area contributed by atoms with Crippen LogP contribution in [0.2, 0.25) is 0 Å². The summed E-state index contributed by atoms with van der Waals surface area (Å²) in [7, 11) is 0. The summed E-state index contributed by atoms with van der Waals surface area (Å²) >= 11 is 0. The molecule has 0 radical (unpaired) electrons. The number of rotatable bonds is 7. The van der Waals surface area contributed by atoms with E-state index in [9.17, 15) is 0 Å². The normalized spacial score (nSPS) is 13.0. The summed E-state index contributed by atoms with van der Waals surface area (Å²) < 4.78 is 10.9. The van der Waals surface area contributed by atoms with E-state index in [1.807, 2.05) is 6.07 Å². The minimum Gasteiger partial charge on any atom is -0.454 e. The van der Waals surface area contributed by atoms with Gasteiger partial charge in [-0.3, -0.25) is 4.90 Å². The Bertz CT molecular complexity index is 668. The van der Waals surface area contributed by atoms with E-state index in [2.05, 4.69) is 55.1 Å². The molecule has 0 fully saturated rings. The van der Waals surface area contributed by atoms with Gasteiger partial charge < -0.3 is 15.2 Å². The lowest BCUT2D eigenvalue weighted by Crippen LogP contribution is -2.27. The summed E-state index contributed by atoms with van der Waals surface area (Å²) in [4.78, 5) is 2.47. The fourth-order valence-electron chi connectivity index (χ4n) is 3.04. The average Bonchev–Trinajstić information content (AvgIpc) is 3.02. The first-order valence-electron chi connectivity index (χ1n) is 8.53. The van der Waals surface area contributed by atoms with Crippen molar-refractivity contribution < 1.29 is 9.47 Å². The Morgan fingerprint density at radius 2 is 1.54 bits per heavy atom. The van der Waals surface area contributed by atoms with E-state index in [0.717, 1.165) is 31.1 Å². The van der Waals surface area contributed by atoms with Gasteiger partial charge in [0.2, 0.25) is 6.79 Å². The molecule has 0 saturated heterocycles. The standard InChI is InChI=1S/C20H26N2O2/c1-15(2)11-22(12-17-5-3-16(10-21)4-6-17)13-18-7-8-19-20(9-18)24-14-23-19/h3-9,15H,10-14,21H2,1-2H3. The summed E-state index contributed by atoms with van der Waals surface area (Å²) in [5, 5.41) is 0. The first kappa shape index (κ1) is 16.8. The van der Waals surface area contributed by atoms with Gasteiger partial charge >= 0.3 is 0 Å². The lowest BCUT2D eigenvalue weighted by molar-refractivity contribution is 0.174. The Hall–Kier alpha value is -2.04. The molecule has 0 bridgehead atoms. The van der Waals surface area contributed by atoms with E-state index in [0.29, 0.717) is 19.3 Å². The molecule has 4 nitrogen and oxygen atoms in total. The number of fused-ring (bicyclic) bond motifs is 1. The highest BCUT2D eigenvalue weighted by atomic mass is 16.7. The summed E-state index contributed by atoms with van der Waals surface area (Å²) in [5.74, 6) is 2.30. The Morgan fingerprint density at radius 1 is 0.917 bits per heavy atom. The van der Waals surface area contributed by atoms with Crippen LogP contribution in [0, 0.1) is 5.92 Å². The van der Waals surface area contributed by atoms with Gasteiger partial charge in [-0.05, 0) is 34.7 Å². The second-order valence-corrected chi connectivity index (χ2v) is 6.77. The average molecular weight is 326 g/mol. The van der Waals surface area contributed by atoms with Gasteiger partial charge in [0.15, 0.2) is 11.5 Å². The van der Waals surface area contributed by atoms with Gasteiger partial charge in [0.05, 0.1) is 0 Å². The predicted octanol–water partition coefficient (Wildman–Crippen LogP) is 3.53. The lowest BCUT2D eigenvalue weighted by Gasteiger charge is -2.24. The van der Waals surface area contributed by atoms with Crippen LogP contribution >= 0.6 is 0 Å². The van der Waals surface area contributed by atoms with Gasteiger partial charge in [-0.15, -0.1) is 0 Å². The maximum Gasteiger partial charge on any atom is 0.231 e. The molecule has 0 saturated carbocycles. The van der Waals surface area contributed by atoms with Crippen LogP contribution < -0.4 is 15.2 Å². The van der Waals surface area contributed by atoms with Crippen molar-refractivity contribution in [3.05, 3.63) is 59.2 Å². The molecule has 2 N–H and O–H groups in total. The molecule has 0 atom stereocenters. The Labute approximate surface area is 144 Å². The zero-order valence-electron chi connectivity index (χ0n) is 14.5. The van der Waals surface area contributed by atoms with Crippen molar-refractivity contribution in [1.82, 2.24) is 4.90 Å². The molecule has 0 spiro atoms. The largest absolute Gasteiger partial charge is 0.454 e. The molecular formula is C20H26N2O2. The maximum atomic E-state index is 5.68. The van der Waals surface area contributed by atoms with Crippen LogP contribution in [0.15, 0.2) is 42.5 Å². The summed E-state index contributed by atoms with van der Waals surface area (Å²) in [6.45, 7) is 8.29. The van der Waals surface area contributed by atoms with Crippen molar-refractivity contribution >= 4 is 0 Å². The number of hydrogen-bond acceptors (Lipinski definition) is 4. The number of nitrogens with two attached hydrogens (primary N) is 1. The van der Waals surface area contributed by atoms with Gasteiger partial charge in [-0.25, -0.2) is 0 Å². The van der Waals surface area contributed by atoms with Crippen molar-refractivity contribution in [3.8, 4) is 11.5 Å². The monoisotopic (exact) mass is 326 g/mol. The molecule has 3 rings (SSSR count). The SMILES string of the molecule is CC(C)CN(Cc1ccc(CN)cc1)Cc1ccc2c(c1)OCO2. The van der Waals surface area contributed by atoms with E-state index >= 15 is 0 Å². The highest BCUT2D eigenvalue weighted by Crippen LogP contribution is 2.33. The van der Waals surface area contributed by atoms with Crippen LogP contribution in [0.5, 0.6) is 11.5 Å². The summed E-state index contributed by atoms with van der Waals surface area (Å²) in [6, 6.07) is 14.8. The molecule has 0 unspecified atom stereocenters. The molecule has 1 aliphatic heterocycles. The first-order chi connectivity index (χ1) is 11.6. The number of nitrogens with zero attached hydrogens (tertiary/aromatic N) is 1. The summed E-state index contributed by atoms with van der Waals surface area (Å²) in [6.07, 6.45) is 0. The fraction of sp³-hybridized carbons (Fsp3) is 0.400. The van der Waals surface area contributed by atoms with E-state index in [1.165, 1.54) is 16.7 Å². The molecule has 2 aromatic rings. The van der Waals surface area contributed by atoms with E-state index in [4.69, 9.17) is 15.2 Å². The van der Waals surface area contributed by atoms with E-state index in [-0.39, 0.29) is 0 Å². The zero-order chi connectivity index (χ0) is 16.9. The highest BCUT2D eigenvalue weighted by molar-refractivity contribution is 5.44. The zero-order valence-corrected chi connectivity index (χ0v) is 14.5. The fourth-order valence-corrected chi connectivity index (χ4v) is 3.04. The minimum absolute atomic E-state index is 0.321. The third kappa shape index (κ3) is 4.28.